The Bertz CT molecular complexity index is 2040. The second-order valence-corrected chi connectivity index (χ2v) is 16.9. The van der Waals surface area contributed by atoms with Gasteiger partial charge in [0.1, 0.15) is 28.9 Å². The standard InChI is InChI=1S/C48H64N5O13P/c1-37(2)51(38(3)4)67(65-27-10-24-49)66-45(35-63-33-32-62-31-30-61-29-28-60-26-11-25-50-46-23-18-42(52(54)55)34-47(46)53(56)57)36-64-48(39-12-8-7-9-13-39,40-14-19-43(58-5)20-15-40)41-16-21-44(59-6)22-17-41/h7-9,12-23,34,37-38,45,50H,10-11,25-33,35-36H2,1-6H3. The summed E-state index contributed by atoms with van der Waals surface area (Å²) < 4.78 is 56.9. The lowest BCUT2D eigenvalue weighted by Gasteiger charge is -2.39. The number of benzene rings is 4. The molecule has 0 aliphatic rings. The Morgan fingerprint density at radius 1 is 0.687 bits per heavy atom. The van der Waals surface area contributed by atoms with Crippen LogP contribution in [0.25, 0.3) is 0 Å². The van der Waals surface area contributed by atoms with E-state index in [2.05, 4.69) is 43.8 Å². The number of nitro benzene ring substituents is 2. The maximum absolute atomic E-state index is 11.3. The Hall–Kier alpha value is -5.32. The number of rotatable bonds is 34. The summed E-state index contributed by atoms with van der Waals surface area (Å²) in [5.74, 6) is 1.42. The average molecular weight is 950 g/mol. The molecule has 0 radical (unpaired) electrons. The van der Waals surface area contributed by atoms with Crippen molar-refractivity contribution in [2.24, 2.45) is 0 Å². The predicted octanol–water partition coefficient (Wildman–Crippen LogP) is 9.06. The van der Waals surface area contributed by atoms with Crippen molar-refractivity contribution in [1.82, 2.24) is 4.67 Å². The van der Waals surface area contributed by atoms with Gasteiger partial charge in [0.15, 0.2) is 0 Å². The van der Waals surface area contributed by atoms with E-state index in [0.717, 1.165) is 22.8 Å². The van der Waals surface area contributed by atoms with Gasteiger partial charge in [0.25, 0.3) is 19.9 Å². The van der Waals surface area contributed by atoms with Crippen LogP contribution in [0.4, 0.5) is 17.1 Å². The molecule has 0 amide bonds. The minimum Gasteiger partial charge on any atom is -0.497 e. The monoisotopic (exact) mass is 949 g/mol. The zero-order valence-electron chi connectivity index (χ0n) is 39.2. The van der Waals surface area contributed by atoms with E-state index in [1.807, 2.05) is 78.9 Å². The fourth-order valence-corrected chi connectivity index (χ4v) is 8.71. The van der Waals surface area contributed by atoms with Crippen molar-refractivity contribution in [1.29, 1.82) is 5.26 Å². The van der Waals surface area contributed by atoms with Gasteiger partial charge in [-0.1, -0.05) is 54.6 Å². The fraction of sp³-hybridized carbons (Fsp3) is 0.479. The van der Waals surface area contributed by atoms with Crippen LogP contribution in [0.15, 0.2) is 97.1 Å². The van der Waals surface area contributed by atoms with Gasteiger partial charge in [-0.2, -0.15) is 5.26 Å². The summed E-state index contributed by atoms with van der Waals surface area (Å²) in [6, 6.07) is 31.5. The zero-order chi connectivity index (χ0) is 48.4. The number of methoxy groups -OCH3 is 2. The van der Waals surface area contributed by atoms with Crippen molar-refractivity contribution in [3.63, 3.8) is 0 Å². The van der Waals surface area contributed by atoms with Gasteiger partial charge in [-0.25, -0.2) is 4.67 Å². The summed E-state index contributed by atoms with van der Waals surface area (Å²) in [4.78, 5) is 21.0. The molecule has 0 spiro atoms. The summed E-state index contributed by atoms with van der Waals surface area (Å²) >= 11 is 0. The number of hydrogen-bond acceptors (Lipinski definition) is 16. The number of non-ortho nitro benzene ring substituents is 1. The molecule has 19 heteroatoms. The highest BCUT2D eigenvalue weighted by Gasteiger charge is 2.40. The first-order chi connectivity index (χ1) is 32.4. The second kappa shape index (κ2) is 29.4. The normalized spacial score (nSPS) is 12.5. The molecule has 0 saturated heterocycles. The molecule has 0 aliphatic carbocycles. The summed E-state index contributed by atoms with van der Waals surface area (Å²) in [7, 11) is 1.61. The van der Waals surface area contributed by atoms with E-state index in [4.69, 9.17) is 42.2 Å². The van der Waals surface area contributed by atoms with Crippen molar-refractivity contribution >= 4 is 25.6 Å². The van der Waals surface area contributed by atoms with Crippen LogP contribution in [0.3, 0.4) is 0 Å². The molecule has 364 valence electrons. The summed E-state index contributed by atoms with van der Waals surface area (Å²) in [6.07, 6.45) is 0.150. The van der Waals surface area contributed by atoms with E-state index in [0.29, 0.717) is 64.1 Å². The fourth-order valence-electron chi connectivity index (χ4n) is 7.03. The molecule has 2 unspecified atom stereocenters. The molecule has 2 atom stereocenters. The molecular formula is C48H64N5O13P. The average Bonchev–Trinajstić information content (AvgIpc) is 3.33. The van der Waals surface area contributed by atoms with E-state index in [9.17, 15) is 25.5 Å². The molecule has 0 aliphatic heterocycles. The lowest BCUT2D eigenvalue weighted by atomic mass is 9.80. The van der Waals surface area contributed by atoms with Gasteiger partial charge in [-0.15, -0.1) is 0 Å². The second-order valence-electron chi connectivity index (χ2n) is 15.5. The minimum atomic E-state index is -1.65. The number of nitriles is 1. The van der Waals surface area contributed by atoms with E-state index < -0.39 is 30.1 Å². The number of ether oxygens (including phenoxy) is 7. The Morgan fingerprint density at radius 2 is 1.22 bits per heavy atom. The van der Waals surface area contributed by atoms with Crippen LogP contribution < -0.4 is 14.8 Å². The third-order valence-electron chi connectivity index (χ3n) is 10.2. The Labute approximate surface area is 394 Å². The molecule has 0 fully saturated rings. The maximum Gasteiger partial charge on any atom is 0.299 e. The van der Waals surface area contributed by atoms with Gasteiger partial charge < -0.3 is 47.5 Å². The largest absolute Gasteiger partial charge is 0.497 e. The van der Waals surface area contributed by atoms with Crippen molar-refractivity contribution in [2.75, 3.05) is 92.1 Å². The molecule has 18 nitrogen and oxygen atoms in total. The Kier molecular flexibility index (Phi) is 23.9. The Balaban J connectivity index is 1.36. The molecule has 4 aromatic rings. The molecule has 4 aromatic carbocycles. The molecule has 4 rings (SSSR count). The number of nitro groups is 2. The smallest absolute Gasteiger partial charge is 0.299 e. The van der Waals surface area contributed by atoms with Crippen molar-refractivity contribution < 1.29 is 52.1 Å². The van der Waals surface area contributed by atoms with Gasteiger partial charge in [0, 0.05) is 31.3 Å². The number of hydrogen-bond donors (Lipinski definition) is 1. The van der Waals surface area contributed by atoms with Crippen LogP contribution >= 0.6 is 8.53 Å². The van der Waals surface area contributed by atoms with Crippen LogP contribution in [0, 0.1) is 31.6 Å². The van der Waals surface area contributed by atoms with Crippen LogP contribution in [0.2, 0.25) is 0 Å². The van der Waals surface area contributed by atoms with Crippen molar-refractivity contribution in [2.45, 2.75) is 64.3 Å². The van der Waals surface area contributed by atoms with Gasteiger partial charge in [0.2, 0.25) is 0 Å². The number of nitrogens with one attached hydrogen (secondary N) is 1. The molecule has 0 aromatic heterocycles. The summed E-state index contributed by atoms with van der Waals surface area (Å²) in [5, 5.41) is 34.6. The third-order valence-corrected chi connectivity index (χ3v) is 12.3. The lowest BCUT2D eigenvalue weighted by molar-refractivity contribution is -0.393. The quantitative estimate of drug-likeness (QED) is 0.0152. The van der Waals surface area contributed by atoms with E-state index in [1.54, 1.807) is 14.2 Å². The topological polar surface area (TPSA) is 208 Å². The van der Waals surface area contributed by atoms with E-state index in [-0.39, 0.29) is 62.0 Å². The first-order valence-corrected chi connectivity index (χ1v) is 23.3. The third kappa shape index (κ3) is 17.1. The van der Waals surface area contributed by atoms with Gasteiger partial charge >= 0.3 is 0 Å². The maximum atomic E-state index is 11.3. The van der Waals surface area contributed by atoms with Crippen molar-refractivity contribution in [3.05, 3.63) is 134 Å². The number of nitrogens with zero attached hydrogens (tertiary/aromatic N) is 4. The molecular weight excluding hydrogens is 886 g/mol. The van der Waals surface area contributed by atoms with E-state index in [1.165, 1.54) is 12.1 Å². The Morgan fingerprint density at radius 3 is 1.73 bits per heavy atom. The van der Waals surface area contributed by atoms with Crippen LogP contribution in [0.5, 0.6) is 11.5 Å². The van der Waals surface area contributed by atoms with Crippen LogP contribution in [-0.2, 0) is 38.3 Å². The van der Waals surface area contributed by atoms with E-state index >= 15 is 0 Å². The first kappa shape index (κ1) is 54.3. The van der Waals surface area contributed by atoms with Crippen LogP contribution in [0.1, 0.15) is 57.2 Å². The van der Waals surface area contributed by atoms with Gasteiger partial charge in [-0.3, -0.25) is 20.2 Å². The SMILES string of the molecule is COc1ccc(C(OCC(COCCOCCOCCOCCCNc2ccc([N+](=O)[O-])cc2[N+](=O)[O-])OP(OCCC#N)N(C(C)C)C(C)C)(c2ccccc2)c2ccc(OC)cc2)cc1. The van der Waals surface area contributed by atoms with Gasteiger partial charge in [-0.05, 0) is 81.1 Å². The lowest BCUT2D eigenvalue weighted by Crippen LogP contribution is -2.39. The summed E-state index contributed by atoms with van der Waals surface area (Å²) in [5.41, 5.74) is 1.03. The summed E-state index contributed by atoms with van der Waals surface area (Å²) in [6.45, 7) is 11.5. The van der Waals surface area contributed by atoms with Crippen molar-refractivity contribution in [3.8, 4) is 17.6 Å². The van der Waals surface area contributed by atoms with Gasteiger partial charge in [0.05, 0.1) is 102 Å². The molecule has 1 N–H and O–H groups in total. The highest BCUT2D eigenvalue weighted by atomic mass is 31.2. The highest BCUT2D eigenvalue weighted by Crippen LogP contribution is 2.48. The molecule has 0 bridgehead atoms. The first-order valence-electron chi connectivity index (χ1n) is 22.2. The molecule has 0 heterocycles. The predicted molar refractivity (Wildman–Crippen MR) is 254 cm³/mol. The molecule has 0 saturated carbocycles. The zero-order valence-corrected chi connectivity index (χ0v) is 40.1. The molecule has 67 heavy (non-hydrogen) atoms. The van der Waals surface area contributed by atoms with Crippen LogP contribution in [-0.4, -0.2) is 120 Å². The minimum absolute atomic E-state index is 0.0756. The number of anilines is 1. The highest BCUT2D eigenvalue weighted by molar-refractivity contribution is 7.44.